The Bertz CT molecular complexity index is 1280. The Kier molecular flexibility index (Phi) is 5.99. The van der Waals surface area contributed by atoms with E-state index in [0.717, 1.165) is 10.0 Å². The third-order valence-electron chi connectivity index (χ3n) is 4.83. The van der Waals surface area contributed by atoms with Crippen LogP contribution in [0.2, 0.25) is 0 Å². The number of hydrogen-bond acceptors (Lipinski definition) is 6. The zero-order chi connectivity index (χ0) is 22.9. The maximum atomic E-state index is 12.2. The van der Waals surface area contributed by atoms with E-state index in [0.29, 0.717) is 39.7 Å². The average Bonchev–Trinajstić information content (AvgIpc) is 3.16. The van der Waals surface area contributed by atoms with Crippen molar-refractivity contribution in [3.8, 4) is 17.3 Å². The van der Waals surface area contributed by atoms with Crippen molar-refractivity contribution in [3.05, 3.63) is 70.3 Å². The number of amides is 1. The minimum atomic E-state index is -1.10. The lowest BCUT2D eigenvalue weighted by molar-refractivity contribution is -0.118. The van der Waals surface area contributed by atoms with Gasteiger partial charge >= 0.3 is 0 Å². The van der Waals surface area contributed by atoms with Crippen LogP contribution in [0.1, 0.15) is 25.0 Å². The van der Waals surface area contributed by atoms with Crippen LogP contribution in [0, 0.1) is 6.92 Å². The van der Waals surface area contributed by atoms with E-state index >= 15 is 0 Å². The molecule has 2 N–H and O–H groups in total. The monoisotopic (exact) mass is 495 g/mol. The van der Waals surface area contributed by atoms with Crippen LogP contribution in [-0.4, -0.2) is 27.6 Å². The van der Waals surface area contributed by atoms with Crippen molar-refractivity contribution in [2.45, 2.75) is 26.4 Å². The summed E-state index contributed by atoms with van der Waals surface area (Å²) in [6, 6.07) is 14.6. The molecule has 0 aliphatic rings. The molecule has 4 rings (SSSR count). The normalized spacial score (nSPS) is 11.5. The molecular formula is C24H22BrN3O4. The summed E-state index contributed by atoms with van der Waals surface area (Å²) in [6.07, 6.45) is 1.53. The van der Waals surface area contributed by atoms with Crippen LogP contribution in [-0.2, 0) is 10.4 Å². The number of hydrogen-bond donors (Lipinski definition) is 2. The third-order valence-corrected chi connectivity index (χ3v) is 5.29. The van der Waals surface area contributed by atoms with Crippen LogP contribution in [0.5, 0.6) is 5.75 Å². The van der Waals surface area contributed by atoms with Crippen LogP contribution >= 0.6 is 15.9 Å². The summed E-state index contributed by atoms with van der Waals surface area (Å²) < 4.78 is 12.3. The highest BCUT2D eigenvalue weighted by Gasteiger charge is 2.24. The summed E-state index contributed by atoms with van der Waals surface area (Å²) >= 11 is 3.45. The lowest BCUT2D eigenvalue weighted by Gasteiger charge is -2.17. The fourth-order valence-electron chi connectivity index (χ4n) is 3.22. The van der Waals surface area contributed by atoms with Gasteiger partial charge in [-0.15, -0.1) is 0 Å². The second-order valence-corrected chi connectivity index (χ2v) is 8.83. The third kappa shape index (κ3) is 4.81. The quantitative estimate of drug-likeness (QED) is 0.381. The molecule has 7 nitrogen and oxygen atoms in total. The number of aryl methyl sites for hydroxylation is 1. The van der Waals surface area contributed by atoms with E-state index in [4.69, 9.17) is 9.15 Å². The van der Waals surface area contributed by atoms with Gasteiger partial charge in [-0.2, -0.15) is 0 Å². The molecule has 0 bridgehead atoms. The molecular weight excluding hydrogens is 474 g/mol. The second-order valence-electron chi connectivity index (χ2n) is 7.91. The van der Waals surface area contributed by atoms with Gasteiger partial charge < -0.3 is 19.6 Å². The number of pyridine rings is 1. The van der Waals surface area contributed by atoms with E-state index in [9.17, 15) is 9.90 Å². The average molecular weight is 496 g/mol. The molecule has 1 amide bonds. The Morgan fingerprint density at radius 1 is 1.22 bits per heavy atom. The molecule has 32 heavy (non-hydrogen) atoms. The molecule has 0 atom stereocenters. The van der Waals surface area contributed by atoms with Crippen molar-refractivity contribution in [2.24, 2.45) is 0 Å². The number of carbonyl (C=O) groups is 1. The molecule has 2 aromatic heterocycles. The highest BCUT2D eigenvalue weighted by molar-refractivity contribution is 9.10. The minimum absolute atomic E-state index is 0.105. The van der Waals surface area contributed by atoms with E-state index in [1.807, 2.05) is 43.3 Å². The van der Waals surface area contributed by atoms with E-state index < -0.39 is 5.60 Å². The van der Waals surface area contributed by atoms with E-state index in [-0.39, 0.29) is 12.5 Å². The number of anilines is 1. The van der Waals surface area contributed by atoms with Gasteiger partial charge in [0.05, 0.1) is 17.5 Å². The Morgan fingerprint density at radius 2 is 2.00 bits per heavy atom. The number of rotatable bonds is 6. The molecule has 0 spiro atoms. The predicted octanol–water partition coefficient (Wildman–Crippen LogP) is 5.21. The van der Waals surface area contributed by atoms with Gasteiger partial charge in [-0.1, -0.05) is 34.1 Å². The number of nitrogens with zero attached hydrogens (tertiary/aromatic N) is 2. The van der Waals surface area contributed by atoms with Gasteiger partial charge in [0, 0.05) is 10.0 Å². The lowest BCUT2D eigenvalue weighted by atomic mass is 9.98. The number of benzene rings is 2. The summed E-state index contributed by atoms with van der Waals surface area (Å²) in [5.41, 5.74) is 2.64. The Morgan fingerprint density at radius 3 is 2.69 bits per heavy atom. The van der Waals surface area contributed by atoms with E-state index in [1.165, 1.54) is 6.20 Å². The number of carbonyl (C=O) groups excluding carboxylic acids is 1. The highest BCUT2D eigenvalue weighted by Crippen LogP contribution is 2.34. The Balaban J connectivity index is 1.48. The first-order valence-electron chi connectivity index (χ1n) is 9.98. The van der Waals surface area contributed by atoms with E-state index in [2.05, 4.69) is 31.2 Å². The molecule has 0 aliphatic carbocycles. The molecule has 0 saturated heterocycles. The number of oxazole rings is 1. The largest absolute Gasteiger partial charge is 0.483 e. The number of para-hydroxylation sites is 1. The van der Waals surface area contributed by atoms with Crippen LogP contribution in [0.25, 0.3) is 22.7 Å². The zero-order valence-corrected chi connectivity index (χ0v) is 19.4. The van der Waals surface area contributed by atoms with Gasteiger partial charge in [-0.3, -0.25) is 4.79 Å². The number of ether oxygens (including phenoxy) is 1. The van der Waals surface area contributed by atoms with Crippen LogP contribution in [0.4, 0.5) is 5.69 Å². The minimum Gasteiger partial charge on any atom is -0.483 e. The maximum absolute atomic E-state index is 12.2. The van der Waals surface area contributed by atoms with Crippen LogP contribution in [0.15, 0.2) is 63.6 Å². The first-order valence-corrected chi connectivity index (χ1v) is 10.8. The van der Waals surface area contributed by atoms with Gasteiger partial charge in [-0.05, 0) is 56.7 Å². The SMILES string of the molecule is Cc1ccccc1OCC(=O)Nc1ccc(-c2nc3cc(Br)cc(C(C)(C)O)c3o2)nc1. The summed E-state index contributed by atoms with van der Waals surface area (Å²) in [7, 11) is 0. The van der Waals surface area contributed by atoms with Crippen molar-refractivity contribution >= 4 is 38.6 Å². The van der Waals surface area contributed by atoms with Crippen molar-refractivity contribution in [1.82, 2.24) is 9.97 Å². The number of nitrogens with one attached hydrogen (secondary N) is 1. The van der Waals surface area contributed by atoms with Crippen molar-refractivity contribution in [1.29, 1.82) is 0 Å². The van der Waals surface area contributed by atoms with E-state index in [1.54, 1.807) is 26.0 Å². The molecule has 8 heteroatoms. The lowest BCUT2D eigenvalue weighted by Crippen LogP contribution is -2.20. The summed E-state index contributed by atoms with van der Waals surface area (Å²) in [5, 5.41) is 13.2. The molecule has 164 valence electrons. The van der Waals surface area contributed by atoms with Crippen molar-refractivity contribution < 1.29 is 19.1 Å². The van der Waals surface area contributed by atoms with Gasteiger partial charge in [0.1, 0.15) is 17.0 Å². The molecule has 0 unspecified atom stereocenters. The predicted molar refractivity (Wildman–Crippen MR) is 125 cm³/mol. The number of aliphatic hydroxyl groups is 1. The smallest absolute Gasteiger partial charge is 0.262 e. The standard InChI is InChI=1S/C24H22BrN3O4/c1-14-6-4-5-7-20(14)31-13-21(29)27-16-8-9-18(26-12-16)23-28-19-11-15(25)10-17(22(19)32-23)24(2,3)30/h4-12,30H,13H2,1-3H3,(H,27,29). The van der Waals surface area contributed by atoms with Gasteiger partial charge in [0.15, 0.2) is 12.2 Å². The number of aromatic nitrogens is 2. The number of fused-ring (bicyclic) bond motifs is 1. The van der Waals surface area contributed by atoms with Gasteiger partial charge in [0.25, 0.3) is 5.91 Å². The van der Waals surface area contributed by atoms with Gasteiger partial charge in [-0.25, -0.2) is 9.97 Å². The Labute approximate surface area is 193 Å². The molecule has 0 fully saturated rings. The van der Waals surface area contributed by atoms with Crippen LogP contribution in [0.3, 0.4) is 0 Å². The summed E-state index contributed by atoms with van der Waals surface area (Å²) in [4.78, 5) is 21.1. The maximum Gasteiger partial charge on any atom is 0.262 e. The molecule has 2 heterocycles. The van der Waals surface area contributed by atoms with Crippen LogP contribution < -0.4 is 10.1 Å². The van der Waals surface area contributed by atoms with Crippen molar-refractivity contribution in [3.63, 3.8) is 0 Å². The topological polar surface area (TPSA) is 97.5 Å². The highest BCUT2D eigenvalue weighted by atomic mass is 79.9. The molecule has 2 aromatic carbocycles. The molecule has 0 aliphatic heterocycles. The summed E-state index contributed by atoms with van der Waals surface area (Å²) in [5.74, 6) is 0.706. The molecule has 0 radical (unpaired) electrons. The molecule has 4 aromatic rings. The fraction of sp³-hybridized carbons (Fsp3) is 0.208. The molecule has 0 saturated carbocycles. The Hall–Kier alpha value is -3.23. The fourth-order valence-corrected chi connectivity index (χ4v) is 3.66. The first kappa shape index (κ1) is 22.0. The number of halogens is 1. The summed E-state index contributed by atoms with van der Waals surface area (Å²) in [6.45, 7) is 5.20. The first-order chi connectivity index (χ1) is 15.2. The van der Waals surface area contributed by atoms with Crippen molar-refractivity contribution in [2.75, 3.05) is 11.9 Å². The zero-order valence-electron chi connectivity index (χ0n) is 17.8. The van der Waals surface area contributed by atoms with Gasteiger partial charge in [0.2, 0.25) is 5.89 Å². The second kappa shape index (κ2) is 8.72.